The van der Waals surface area contributed by atoms with Gasteiger partial charge in [0.2, 0.25) is 21.8 Å². The van der Waals surface area contributed by atoms with E-state index in [2.05, 4.69) is 5.32 Å². The summed E-state index contributed by atoms with van der Waals surface area (Å²) >= 11 is 0. The lowest BCUT2D eigenvalue weighted by Gasteiger charge is -2.32. The molecule has 8 nitrogen and oxygen atoms in total. The Balaban J connectivity index is 2.47. The van der Waals surface area contributed by atoms with E-state index in [9.17, 15) is 22.4 Å². The number of hydrogen-bond donors (Lipinski definition) is 1. The molecule has 0 aliphatic carbocycles. The second-order valence-electron chi connectivity index (χ2n) is 8.55. The lowest BCUT2D eigenvalue weighted by atomic mass is 10.1. The first-order chi connectivity index (χ1) is 16.4. The van der Waals surface area contributed by atoms with Crippen molar-refractivity contribution in [1.82, 2.24) is 10.2 Å². The summed E-state index contributed by atoms with van der Waals surface area (Å²) in [7, 11) is -2.51. The molecule has 0 aliphatic heterocycles. The fourth-order valence-corrected chi connectivity index (χ4v) is 4.29. The van der Waals surface area contributed by atoms with Gasteiger partial charge in [0.05, 0.1) is 19.1 Å². The highest BCUT2D eigenvalue weighted by molar-refractivity contribution is 7.92. The largest absolute Gasteiger partial charge is 0.495 e. The summed E-state index contributed by atoms with van der Waals surface area (Å²) in [6.45, 7) is 6.28. The van der Waals surface area contributed by atoms with E-state index in [1.165, 1.54) is 37.1 Å². The SMILES string of the molecule is CC[C@H](C)NC(=O)[C@H](C)N(Cc1ccccc1F)C(=O)CN(c1cc(C)ccc1OC)S(C)(=O)=O. The van der Waals surface area contributed by atoms with Gasteiger partial charge in [0.15, 0.2) is 0 Å². The number of nitrogens with zero attached hydrogens (tertiary/aromatic N) is 2. The van der Waals surface area contributed by atoms with Crippen LogP contribution in [-0.2, 0) is 26.2 Å². The van der Waals surface area contributed by atoms with Crippen LogP contribution in [0.1, 0.15) is 38.3 Å². The number of halogens is 1. The standard InChI is InChI=1S/C25H34FN3O5S/c1-7-18(3)27-25(31)19(4)28(15-20-10-8-9-11-21(20)26)24(30)16-29(35(6,32)33)22-14-17(2)12-13-23(22)34-5/h8-14,18-19H,7,15-16H2,1-6H3,(H,27,31)/t18-,19-/m0/s1. The molecular formula is C25H34FN3O5S. The van der Waals surface area contributed by atoms with E-state index in [0.717, 1.165) is 16.1 Å². The van der Waals surface area contributed by atoms with Crippen LogP contribution < -0.4 is 14.4 Å². The van der Waals surface area contributed by atoms with E-state index in [1.807, 2.05) is 13.8 Å². The molecule has 0 heterocycles. The Morgan fingerprint density at radius 3 is 2.37 bits per heavy atom. The predicted molar refractivity (Wildman–Crippen MR) is 134 cm³/mol. The zero-order valence-corrected chi connectivity index (χ0v) is 21.9. The first-order valence-electron chi connectivity index (χ1n) is 11.3. The first kappa shape index (κ1) is 28.1. The van der Waals surface area contributed by atoms with Gasteiger partial charge in [0, 0.05) is 18.2 Å². The number of rotatable bonds is 11. The summed E-state index contributed by atoms with van der Waals surface area (Å²) in [6.07, 6.45) is 1.68. The molecule has 2 aromatic rings. The molecule has 2 aromatic carbocycles. The van der Waals surface area contributed by atoms with E-state index < -0.39 is 40.2 Å². The van der Waals surface area contributed by atoms with Gasteiger partial charge in [-0.1, -0.05) is 31.2 Å². The summed E-state index contributed by atoms with van der Waals surface area (Å²) in [6, 6.07) is 9.83. The number of sulfonamides is 1. The number of amides is 2. The van der Waals surface area contributed by atoms with Gasteiger partial charge >= 0.3 is 0 Å². The maximum atomic E-state index is 14.4. The van der Waals surface area contributed by atoms with Gasteiger partial charge in [0.25, 0.3) is 0 Å². The average molecular weight is 508 g/mol. The number of aryl methyl sites for hydroxylation is 1. The molecule has 0 saturated carbocycles. The molecule has 0 spiro atoms. The number of hydrogen-bond acceptors (Lipinski definition) is 5. The molecule has 2 atom stereocenters. The first-order valence-corrected chi connectivity index (χ1v) is 13.2. The van der Waals surface area contributed by atoms with Crippen LogP contribution in [0.3, 0.4) is 0 Å². The topological polar surface area (TPSA) is 96.0 Å². The van der Waals surface area contributed by atoms with Gasteiger partial charge in [-0.15, -0.1) is 0 Å². The van der Waals surface area contributed by atoms with E-state index in [4.69, 9.17) is 4.74 Å². The quantitative estimate of drug-likeness (QED) is 0.504. The van der Waals surface area contributed by atoms with Crippen molar-refractivity contribution in [3.8, 4) is 5.75 Å². The van der Waals surface area contributed by atoms with Crippen molar-refractivity contribution in [1.29, 1.82) is 0 Å². The lowest BCUT2D eigenvalue weighted by molar-refractivity contribution is -0.139. The fourth-order valence-electron chi connectivity index (χ4n) is 3.45. The minimum Gasteiger partial charge on any atom is -0.495 e. The van der Waals surface area contributed by atoms with E-state index in [-0.39, 0.29) is 29.6 Å². The Kier molecular flexibility index (Phi) is 9.64. The molecule has 1 N–H and O–H groups in total. The molecular weight excluding hydrogens is 473 g/mol. The molecule has 35 heavy (non-hydrogen) atoms. The Labute approximate surface area is 207 Å². The third kappa shape index (κ3) is 7.42. The van der Waals surface area contributed by atoms with Gasteiger partial charge in [-0.3, -0.25) is 13.9 Å². The minimum atomic E-state index is -3.91. The Morgan fingerprint density at radius 2 is 1.80 bits per heavy atom. The van der Waals surface area contributed by atoms with Gasteiger partial charge < -0.3 is 15.0 Å². The van der Waals surface area contributed by atoms with Crippen LogP contribution in [0.2, 0.25) is 0 Å². The zero-order chi connectivity index (χ0) is 26.3. The number of methoxy groups -OCH3 is 1. The third-order valence-electron chi connectivity index (χ3n) is 5.75. The summed E-state index contributed by atoms with van der Waals surface area (Å²) in [5, 5.41) is 2.83. The Morgan fingerprint density at radius 1 is 1.14 bits per heavy atom. The molecule has 0 saturated heterocycles. The normalized spacial score (nSPS) is 13.0. The number of carbonyl (C=O) groups excluding carboxylic acids is 2. The monoisotopic (exact) mass is 507 g/mol. The van der Waals surface area contributed by atoms with Gasteiger partial charge in [-0.2, -0.15) is 0 Å². The van der Waals surface area contributed by atoms with Crippen LogP contribution in [0.5, 0.6) is 5.75 Å². The van der Waals surface area contributed by atoms with Gasteiger partial charge in [-0.25, -0.2) is 12.8 Å². The molecule has 0 radical (unpaired) electrons. The van der Waals surface area contributed by atoms with E-state index in [0.29, 0.717) is 6.42 Å². The molecule has 2 amide bonds. The maximum Gasteiger partial charge on any atom is 0.244 e. The lowest BCUT2D eigenvalue weighted by Crippen LogP contribution is -2.52. The number of benzene rings is 2. The molecule has 10 heteroatoms. The van der Waals surface area contributed by atoms with Crippen LogP contribution in [0.4, 0.5) is 10.1 Å². The van der Waals surface area contributed by atoms with Crippen molar-refractivity contribution in [2.24, 2.45) is 0 Å². The molecule has 192 valence electrons. The second-order valence-corrected chi connectivity index (χ2v) is 10.5. The molecule has 0 bridgehead atoms. The second kappa shape index (κ2) is 12.0. The van der Waals surface area contributed by atoms with Gasteiger partial charge in [0.1, 0.15) is 24.2 Å². The van der Waals surface area contributed by atoms with Crippen molar-refractivity contribution in [2.75, 3.05) is 24.2 Å². The Bertz CT molecular complexity index is 1160. The van der Waals surface area contributed by atoms with Crippen LogP contribution in [0.25, 0.3) is 0 Å². The summed E-state index contributed by atoms with van der Waals surface area (Å²) < 4.78 is 46.2. The van der Waals surface area contributed by atoms with E-state index >= 15 is 0 Å². The highest BCUT2D eigenvalue weighted by Crippen LogP contribution is 2.31. The van der Waals surface area contributed by atoms with Crippen molar-refractivity contribution in [2.45, 2.75) is 52.7 Å². The van der Waals surface area contributed by atoms with Crippen molar-refractivity contribution >= 4 is 27.5 Å². The molecule has 0 aliphatic rings. The van der Waals surface area contributed by atoms with Crippen LogP contribution in [-0.4, -0.2) is 57.1 Å². The number of ether oxygens (including phenoxy) is 1. The minimum absolute atomic E-state index is 0.126. The smallest absolute Gasteiger partial charge is 0.244 e. The van der Waals surface area contributed by atoms with Crippen LogP contribution >= 0.6 is 0 Å². The fraction of sp³-hybridized carbons (Fsp3) is 0.440. The van der Waals surface area contributed by atoms with E-state index in [1.54, 1.807) is 31.2 Å². The number of anilines is 1. The molecule has 0 unspecified atom stereocenters. The molecule has 2 rings (SSSR count). The predicted octanol–water partition coefficient (Wildman–Crippen LogP) is 3.24. The Hall–Kier alpha value is -3.14. The highest BCUT2D eigenvalue weighted by Gasteiger charge is 2.32. The highest BCUT2D eigenvalue weighted by atomic mass is 32.2. The van der Waals surface area contributed by atoms with Crippen molar-refractivity contribution in [3.05, 3.63) is 59.4 Å². The molecule has 0 aromatic heterocycles. The van der Waals surface area contributed by atoms with Gasteiger partial charge in [-0.05, 0) is 51.0 Å². The average Bonchev–Trinajstić information content (AvgIpc) is 2.80. The van der Waals surface area contributed by atoms with Crippen LogP contribution in [0, 0.1) is 12.7 Å². The third-order valence-corrected chi connectivity index (χ3v) is 6.88. The summed E-state index contributed by atoms with van der Waals surface area (Å²) in [5.74, 6) is -1.32. The van der Waals surface area contributed by atoms with Crippen molar-refractivity contribution < 1.29 is 27.1 Å². The maximum absolute atomic E-state index is 14.4. The number of nitrogens with one attached hydrogen (secondary N) is 1. The molecule has 0 fully saturated rings. The van der Waals surface area contributed by atoms with Crippen molar-refractivity contribution in [3.63, 3.8) is 0 Å². The summed E-state index contributed by atoms with van der Waals surface area (Å²) in [5.41, 5.74) is 1.18. The van der Waals surface area contributed by atoms with Crippen LogP contribution in [0.15, 0.2) is 42.5 Å². The summed E-state index contributed by atoms with van der Waals surface area (Å²) in [4.78, 5) is 27.6. The zero-order valence-electron chi connectivity index (χ0n) is 21.0. The number of carbonyl (C=O) groups is 2.